The van der Waals surface area contributed by atoms with Crippen LogP contribution in [0.15, 0.2) is 24.3 Å². The lowest BCUT2D eigenvalue weighted by Gasteiger charge is -2.38. The van der Waals surface area contributed by atoms with Crippen LogP contribution >= 0.6 is 0 Å². The monoisotopic (exact) mass is 215 g/mol. The molecule has 87 valence electrons. The minimum Gasteiger partial charge on any atom is -0.0654 e. The zero-order chi connectivity index (χ0) is 11.4. The zero-order valence-corrected chi connectivity index (χ0v) is 10.6. The predicted molar refractivity (Wildman–Crippen MR) is 70.4 cm³/mol. The van der Waals surface area contributed by atoms with Crippen LogP contribution in [-0.2, 0) is 6.42 Å². The average molecular weight is 215 g/mol. The molecule has 0 amide bonds. The van der Waals surface area contributed by atoms with Gasteiger partial charge in [-0.1, -0.05) is 51.0 Å². The molecule has 2 rings (SSSR count). The van der Waals surface area contributed by atoms with Crippen molar-refractivity contribution in [3.05, 3.63) is 41.8 Å². The molecule has 1 aliphatic rings. The molecule has 0 atom stereocenters. The molecular weight excluding hydrogens is 192 g/mol. The van der Waals surface area contributed by atoms with E-state index in [1.807, 2.05) is 0 Å². The Morgan fingerprint density at radius 1 is 1.06 bits per heavy atom. The number of aryl methyl sites for hydroxylation is 1. The van der Waals surface area contributed by atoms with E-state index < -0.39 is 0 Å². The average Bonchev–Trinajstić information content (AvgIpc) is 2.30. The molecule has 0 saturated heterocycles. The molecule has 1 radical (unpaired) electrons. The zero-order valence-electron chi connectivity index (χ0n) is 10.6. The van der Waals surface area contributed by atoms with Crippen molar-refractivity contribution in [2.45, 2.75) is 52.4 Å². The van der Waals surface area contributed by atoms with Gasteiger partial charge in [0.25, 0.3) is 0 Å². The molecule has 0 saturated carbocycles. The second-order valence-corrected chi connectivity index (χ2v) is 5.21. The summed E-state index contributed by atoms with van der Waals surface area (Å²) in [5.41, 5.74) is 3.54. The topological polar surface area (TPSA) is 0 Å². The third-order valence-corrected chi connectivity index (χ3v) is 3.90. The molecule has 0 heteroatoms. The van der Waals surface area contributed by atoms with Crippen molar-refractivity contribution in [3.8, 4) is 0 Å². The van der Waals surface area contributed by atoms with Gasteiger partial charge in [-0.25, -0.2) is 0 Å². The lowest BCUT2D eigenvalue weighted by Crippen LogP contribution is -2.27. The fourth-order valence-corrected chi connectivity index (χ4v) is 3.20. The van der Waals surface area contributed by atoms with Crippen LogP contribution in [0.5, 0.6) is 0 Å². The minimum atomic E-state index is 0.498. The van der Waals surface area contributed by atoms with Crippen LogP contribution in [0.4, 0.5) is 0 Å². The van der Waals surface area contributed by atoms with Gasteiger partial charge < -0.3 is 0 Å². The van der Waals surface area contributed by atoms with Crippen LogP contribution in [-0.4, -0.2) is 0 Å². The van der Waals surface area contributed by atoms with Crippen molar-refractivity contribution in [2.75, 3.05) is 0 Å². The summed E-state index contributed by atoms with van der Waals surface area (Å²) >= 11 is 0. The van der Waals surface area contributed by atoms with E-state index in [4.69, 9.17) is 0 Å². The number of hydrogen-bond acceptors (Lipinski definition) is 0. The quantitative estimate of drug-likeness (QED) is 0.678. The predicted octanol–water partition coefficient (Wildman–Crippen LogP) is 4.77. The first-order chi connectivity index (χ1) is 7.79. The molecule has 16 heavy (non-hydrogen) atoms. The molecule has 1 aliphatic carbocycles. The Morgan fingerprint density at radius 2 is 1.75 bits per heavy atom. The second-order valence-electron chi connectivity index (χ2n) is 5.21. The van der Waals surface area contributed by atoms with Gasteiger partial charge in [0.15, 0.2) is 0 Å². The fraction of sp³-hybridized carbons (Fsp3) is 0.562. The summed E-state index contributed by atoms with van der Waals surface area (Å²) in [6.07, 6.45) is 10.5. The molecule has 0 spiro atoms. The molecule has 0 unspecified atom stereocenters. The van der Waals surface area contributed by atoms with Gasteiger partial charge in [-0.3, -0.25) is 0 Å². The van der Waals surface area contributed by atoms with Gasteiger partial charge in [0.2, 0.25) is 0 Å². The Kier molecular flexibility index (Phi) is 3.68. The third-order valence-electron chi connectivity index (χ3n) is 3.90. The van der Waals surface area contributed by atoms with Gasteiger partial charge in [0.1, 0.15) is 0 Å². The highest BCUT2D eigenvalue weighted by Crippen LogP contribution is 2.44. The summed E-state index contributed by atoms with van der Waals surface area (Å²) in [7, 11) is 0. The first-order valence-corrected chi connectivity index (χ1v) is 6.73. The van der Waals surface area contributed by atoms with Crippen LogP contribution in [0.3, 0.4) is 0 Å². The van der Waals surface area contributed by atoms with Crippen LogP contribution in [0.2, 0.25) is 0 Å². The van der Waals surface area contributed by atoms with Crippen molar-refractivity contribution < 1.29 is 0 Å². The van der Waals surface area contributed by atoms with E-state index in [1.165, 1.54) is 44.1 Å². The van der Waals surface area contributed by atoms with Gasteiger partial charge in [0, 0.05) is 0 Å². The smallest absolute Gasteiger partial charge is 0.00282 e. The third kappa shape index (κ3) is 2.31. The van der Waals surface area contributed by atoms with Crippen molar-refractivity contribution in [2.24, 2.45) is 5.41 Å². The Bertz CT molecular complexity index is 332. The van der Waals surface area contributed by atoms with E-state index in [2.05, 4.69) is 44.5 Å². The van der Waals surface area contributed by atoms with E-state index in [-0.39, 0.29) is 0 Å². The summed E-state index contributed by atoms with van der Waals surface area (Å²) in [5.74, 6) is 0. The summed E-state index contributed by atoms with van der Waals surface area (Å²) in [6, 6.07) is 8.91. The molecule has 0 aromatic heterocycles. The first kappa shape index (κ1) is 11.7. The molecule has 0 bridgehead atoms. The van der Waals surface area contributed by atoms with Crippen LogP contribution < -0.4 is 0 Å². The van der Waals surface area contributed by atoms with Crippen LogP contribution in [0.1, 0.15) is 57.1 Å². The molecular formula is C16H23. The van der Waals surface area contributed by atoms with Crippen LogP contribution in [0.25, 0.3) is 0 Å². The second kappa shape index (κ2) is 5.03. The van der Waals surface area contributed by atoms with Gasteiger partial charge >= 0.3 is 0 Å². The van der Waals surface area contributed by atoms with E-state index >= 15 is 0 Å². The maximum atomic E-state index is 2.57. The van der Waals surface area contributed by atoms with Gasteiger partial charge in [-0.2, -0.15) is 0 Å². The highest BCUT2D eigenvalue weighted by molar-refractivity contribution is 5.38. The summed E-state index contributed by atoms with van der Waals surface area (Å²) < 4.78 is 0. The Balaban J connectivity index is 2.20. The molecule has 0 fully saturated rings. The minimum absolute atomic E-state index is 0.498. The van der Waals surface area contributed by atoms with E-state index in [0.717, 1.165) is 0 Å². The van der Waals surface area contributed by atoms with E-state index in [0.29, 0.717) is 5.41 Å². The van der Waals surface area contributed by atoms with Gasteiger partial charge in [0.05, 0.1) is 0 Å². The first-order valence-electron chi connectivity index (χ1n) is 6.73. The Hall–Kier alpha value is -0.780. The van der Waals surface area contributed by atoms with Crippen molar-refractivity contribution in [1.29, 1.82) is 0 Å². The van der Waals surface area contributed by atoms with Crippen molar-refractivity contribution in [1.82, 2.24) is 0 Å². The maximum Gasteiger partial charge on any atom is -0.00282 e. The summed E-state index contributed by atoms with van der Waals surface area (Å²) in [4.78, 5) is 0. The maximum absolute atomic E-state index is 2.57. The molecule has 1 aromatic rings. The van der Waals surface area contributed by atoms with Gasteiger partial charge in [-0.05, 0) is 48.6 Å². The lowest BCUT2D eigenvalue weighted by atomic mass is 9.67. The standard InChI is InChI=1S/C16H23/c1-3-10-16(11-4-2)12-9-14-7-5-6-8-15(14)13-16/h5-8,13H,3-4,9-12H2,1-2H3. The summed E-state index contributed by atoms with van der Waals surface area (Å²) in [5, 5.41) is 0. The number of hydrogen-bond donors (Lipinski definition) is 0. The number of rotatable bonds is 4. The summed E-state index contributed by atoms with van der Waals surface area (Å²) in [6.45, 7) is 4.62. The van der Waals surface area contributed by atoms with Crippen LogP contribution in [0, 0.1) is 11.8 Å². The van der Waals surface area contributed by atoms with Crippen molar-refractivity contribution >= 4 is 0 Å². The molecule has 0 heterocycles. The largest absolute Gasteiger partial charge is 0.0654 e. The highest BCUT2D eigenvalue weighted by atomic mass is 14.4. The lowest BCUT2D eigenvalue weighted by molar-refractivity contribution is 0.260. The molecule has 0 aliphatic heterocycles. The Morgan fingerprint density at radius 3 is 2.44 bits per heavy atom. The fourth-order valence-electron chi connectivity index (χ4n) is 3.20. The Labute approximate surface area is 100 Å². The SMILES string of the molecule is CCCC1(CCC)[CH]c2ccccc2CC1. The van der Waals surface area contributed by atoms with Gasteiger partial charge in [-0.15, -0.1) is 0 Å². The highest BCUT2D eigenvalue weighted by Gasteiger charge is 2.32. The van der Waals surface area contributed by atoms with E-state index in [9.17, 15) is 0 Å². The molecule has 1 aromatic carbocycles. The molecule has 0 nitrogen and oxygen atoms in total. The van der Waals surface area contributed by atoms with E-state index in [1.54, 1.807) is 5.56 Å². The number of benzene rings is 1. The van der Waals surface area contributed by atoms with Crippen molar-refractivity contribution in [3.63, 3.8) is 0 Å². The number of fused-ring (bicyclic) bond motifs is 1. The normalized spacial score (nSPS) is 18.1. The molecule has 0 N–H and O–H groups in total.